The molecule has 0 rings (SSSR count). The maximum atomic E-state index is 11.2. The molecule has 0 aliphatic rings. The summed E-state index contributed by atoms with van der Waals surface area (Å²) in [6, 6.07) is 0. The van der Waals surface area contributed by atoms with Crippen LogP contribution in [-0.2, 0) is 14.3 Å². The molecule has 0 bridgehead atoms. The number of carboxylic acid groups (broad SMARTS) is 1. The summed E-state index contributed by atoms with van der Waals surface area (Å²) in [5, 5.41) is 12.1. The zero-order valence-electron chi connectivity index (χ0n) is 12.5. The van der Waals surface area contributed by atoms with Gasteiger partial charge in [-0.2, -0.15) is 0 Å². The van der Waals surface area contributed by atoms with Crippen molar-refractivity contribution in [1.29, 1.82) is 0 Å². The third-order valence-electron chi connectivity index (χ3n) is 3.40. The third kappa shape index (κ3) is 7.50. The number of nitrogens with one attached hydrogen (secondary N) is 1. The second kappa shape index (κ2) is 11.2. The van der Waals surface area contributed by atoms with Gasteiger partial charge in [0.25, 0.3) is 0 Å². The quantitative estimate of drug-likeness (QED) is 0.504. The lowest BCUT2D eigenvalue weighted by Crippen LogP contribution is -2.49. The molecule has 0 saturated heterocycles. The van der Waals surface area contributed by atoms with Gasteiger partial charge in [0.2, 0.25) is 0 Å². The van der Waals surface area contributed by atoms with Crippen molar-refractivity contribution in [3.05, 3.63) is 0 Å². The van der Waals surface area contributed by atoms with Crippen LogP contribution in [0.3, 0.4) is 0 Å². The van der Waals surface area contributed by atoms with Crippen LogP contribution < -0.4 is 5.32 Å². The highest BCUT2D eigenvalue weighted by Gasteiger charge is 2.33. The molecular weight excluding hydrogens is 246 g/mol. The molecule has 0 aromatic heterocycles. The number of unbranched alkanes of at least 4 members (excludes halogenated alkanes) is 1. The molecule has 0 aromatic carbocycles. The zero-order valence-corrected chi connectivity index (χ0v) is 12.5. The van der Waals surface area contributed by atoms with Gasteiger partial charge in [0, 0.05) is 13.2 Å². The number of hydrogen-bond acceptors (Lipinski definition) is 4. The van der Waals surface area contributed by atoms with E-state index < -0.39 is 11.5 Å². The first-order chi connectivity index (χ1) is 9.13. The minimum Gasteiger partial charge on any atom is -0.480 e. The average molecular weight is 275 g/mol. The number of aliphatic carboxylic acids is 1. The Bertz CT molecular complexity index is 229. The van der Waals surface area contributed by atoms with Crippen molar-refractivity contribution in [3.8, 4) is 0 Å². The van der Waals surface area contributed by atoms with E-state index in [1.807, 2.05) is 6.92 Å². The van der Waals surface area contributed by atoms with Gasteiger partial charge < -0.3 is 19.9 Å². The summed E-state index contributed by atoms with van der Waals surface area (Å²) in [4.78, 5) is 11.2. The fourth-order valence-electron chi connectivity index (χ4n) is 1.89. The number of likely N-dealkylation sites (N-methyl/N-ethyl adjacent to an activating group) is 1. The van der Waals surface area contributed by atoms with E-state index in [2.05, 4.69) is 12.2 Å². The third-order valence-corrected chi connectivity index (χ3v) is 3.40. The Kier molecular flexibility index (Phi) is 10.8. The summed E-state index contributed by atoms with van der Waals surface area (Å²) in [6.45, 7) is 6.57. The van der Waals surface area contributed by atoms with Crippen LogP contribution in [0.15, 0.2) is 0 Å². The molecule has 0 spiro atoms. The number of carboxylic acids is 1. The molecule has 0 aliphatic carbocycles. The van der Waals surface area contributed by atoms with Gasteiger partial charge in [0.05, 0.1) is 13.2 Å². The van der Waals surface area contributed by atoms with Gasteiger partial charge in [-0.05, 0) is 32.7 Å². The predicted octanol–water partition coefficient (Wildman–Crippen LogP) is 2.05. The van der Waals surface area contributed by atoms with E-state index in [-0.39, 0.29) is 0 Å². The molecule has 0 aliphatic heterocycles. The maximum absolute atomic E-state index is 11.2. The van der Waals surface area contributed by atoms with Crippen LogP contribution in [-0.4, -0.2) is 50.1 Å². The highest BCUT2D eigenvalue weighted by atomic mass is 16.5. The Morgan fingerprint density at radius 2 is 1.68 bits per heavy atom. The summed E-state index contributed by atoms with van der Waals surface area (Å²) < 4.78 is 10.8. The number of ether oxygens (including phenoxy) is 2. The average Bonchev–Trinajstić information content (AvgIpc) is 2.41. The topological polar surface area (TPSA) is 67.8 Å². The SMILES string of the molecule is CCCCOCCOCCCC(CC)(NC)C(=O)O. The molecule has 5 nitrogen and oxygen atoms in total. The van der Waals surface area contributed by atoms with Crippen molar-refractivity contribution in [2.24, 2.45) is 0 Å². The van der Waals surface area contributed by atoms with E-state index in [1.54, 1.807) is 7.05 Å². The van der Waals surface area contributed by atoms with Gasteiger partial charge in [-0.3, -0.25) is 4.79 Å². The Labute approximate surface area is 116 Å². The first-order valence-corrected chi connectivity index (χ1v) is 7.20. The molecule has 1 unspecified atom stereocenters. The van der Waals surface area contributed by atoms with Gasteiger partial charge >= 0.3 is 5.97 Å². The standard InChI is InChI=1S/C14H29NO4/c1-4-6-9-18-11-12-19-10-7-8-14(5-2,15-3)13(16)17/h15H,4-12H2,1-3H3,(H,16,17). The Morgan fingerprint density at radius 3 is 2.11 bits per heavy atom. The molecule has 1 atom stereocenters. The molecular formula is C14H29NO4. The lowest BCUT2D eigenvalue weighted by molar-refractivity contribution is -0.145. The monoisotopic (exact) mass is 275 g/mol. The Morgan fingerprint density at radius 1 is 1.11 bits per heavy atom. The first kappa shape index (κ1) is 18.4. The summed E-state index contributed by atoms with van der Waals surface area (Å²) in [5.74, 6) is -0.791. The molecule has 19 heavy (non-hydrogen) atoms. The van der Waals surface area contributed by atoms with E-state index in [4.69, 9.17) is 9.47 Å². The largest absolute Gasteiger partial charge is 0.480 e. The van der Waals surface area contributed by atoms with Crippen LogP contribution in [0.4, 0.5) is 0 Å². The molecule has 0 amide bonds. The van der Waals surface area contributed by atoms with Crippen molar-refractivity contribution < 1.29 is 19.4 Å². The van der Waals surface area contributed by atoms with Crippen molar-refractivity contribution in [2.45, 2.75) is 51.5 Å². The van der Waals surface area contributed by atoms with Gasteiger partial charge in [0.1, 0.15) is 5.54 Å². The van der Waals surface area contributed by atoms with Crippen LogP contribution in [0.1, 0.15) is 46.0 Å². The van der Waals surface area contributed by atoms with E-state index in [0.29, 0.717) is 32.7 Å². The molecule has 2 N–H and O–H groups in total. The van der Waals surface area contributed by atoms with Crippen molar-refractivity contribution >= 4 is 5.97 Å². The molecule has 114 valence electrons. The fraction of sp³-hybridized carbons (Fsp3) is 0.929. The minimum atomic E-state index is -0.818. The molecule has 0 aromatic rings. The Hall–Kier alpha value is -0.650. The van der Waals surface area contributed by atoms with E-state index in [0.717, 1.165) is 25.9 Å². The molecule has 0 fully saturated rings. The predicted molar refractivity (Wildman–Crippen MR) is 75.5 cm³/mol. The van der Waals surface area contributed by atoms with Crippen LogP contribution >= 0.6 is 0 Å². The normalized spacial score (nSPS) is 14.3. The summed E-state index contributed by atoms with van der Waals surface area (Å²) in [6.07, 6.45) is 4.10. The molecule has 0 heterocycles. The second-order valence-electron chi connectivity index (χ2n) is 4.67. The molecule has 0 saturated carbocycles. The van der Waals surface area contributed by atoms with Crippen LogP contribution in [0, 0.1) is 0 Å². The summed E-state index contributed by atoms with van der Waals surface area (Å²) in [7, 11) is 1.69. The minimum absolute atomic E-state index is 0.568. The van der Waals surface area contributed by atoms with Crippen LogP contribution in [0.2, 0.25) is 0 Å². The zero-order chi connectivity index (χ0) is 14.6. The first-order valence-electron chi connectivity index (χ1n) is 7.20. The lowest BCUT2D eigenvalue weighted by Gasteiger charge is -2.27. The van der Waals surface area contributed by atoms with Crippen LogP contribution in [0.25, 0.3) is 0 Å². The molecule has 5 heteroatoms. The lowest BCUT2D eigenvalue weighted by atomic mass is 9.91. The number of hydrogen-bond donors (Lipinski definition) is 2. The molecule has 0 radical (unpaired) electrons. The van der Waals surface area contributed by atoms with Crippen LogP contribution in [0.5, 0.6) is 0 Å². The highest BCUT2D eigenvalue weighted by molar-refractivity contribution is 5.78. The van der Waals surface area contributed by atoms with E-state index in [1.165, 1.54) is 0 Å². The van der Waals surface area contributed by atoms with Gasteiger partial charge in [-0.1, -0.05) is 20.3 Å². The Balaban J connectivity index is 3.59. The van der Waals surface area contributed by atoms with Crippen molar-refractivity contribution in [1.82, 2.24) is 5.32 Å². The summed E-state index contributed by atoms with van der Waals surface area (Å²) in [5.41, 5.74) is -0.818. The van der Waals surface area contributed by atoms with Crippen molar-refractivity contribution in [2.75, 3.05) is 33.5 Å². The second-order valence-corrected chi connectivity index (χ2v) is 4.67. The highest BCUT2D eigenvalue weighted by Crippen LogP contribution is 2.17. The maximum Gasteiger partial charge on any atom is 0.323 e. The van der Waals surface area contributed by atoms with E-state index >= 15 is 0 Å². The van der Waals surface area contributed by atoms with Gasteiger partial charge in [0.15, 0.2) is 0 Å². The van der Waals surface area contributed by atoms with Gasteiger partial charge in [-0.25, -0.2) is 0 Å². The van der Waals surface area contributed by atoms with E-state index in [9.17, 15) is 9.90 Å². The summed E-state index contributed by atoms with van der Waals surface area (Å²) >= 11 is 0. The smallest absolute Gasteiger partial charge is 0.323 e. The number of carbonyl (C=O) groups is 1. The van der Waals surface area contributed by atoms with Gasteiger partial charge in [-0.15, -0.1) is 0 Å². The fourth-order valence-corrected chi connectivity index (χ4v) is 1.89. The van der Waals surface area contributed by atoms with Crippen molar-refractivity contribution in [3.63, 3.8) is 0 Å². The number of rotatable bonds is 13.